The summed E-state index contributed by atoms with van der Waals surface area (Å²) in [6.45, 7) is 1.73. The Morgan fingerprint density at radius 2 is 2.00 bits per heavy atom. The molecule has 0 aliphatic heterocycles. The van der Waals surface area contributed by atoms with Gasteiger partial charge in [-0.3, -0.25) is 0 Å². The van der Waals surface area contributed by atoms with E-state index in [4.69, 9.17) is 4.74 Å². The van der Waals surface area contributed by atoms with E-state index in [0.717, 1.165) is 0 Å². The minimum Gasteiger partial charge on any atom is -0.496 e. The number of halogens is 2. The molecule has 1 rings (SSSR count). The van der Waals surface area contributed by atoms with Crippen molar-refractivity contribution in [1.29, 1.82) is 0 Å². The van der Waals surface area contributed by atoms with Gasteiger partial charge in [-0.25, -0.2) is 8.78 Å². The zero-order chi connectivity index (χ0) is 12.2. The third kappa shape index (κ3) is 2.92. The van der Waals surface area contributed by atoms with Crippen molar-refractivity contribution in [2.45, 2.75) is 25.3 Å². The number of ether oxygens (including phenoxy) is 1. The van der Waals surface area contributed by atoms with Crippen molar-refractivity contribution >= 4 is 0 Å². The van der Waals surface area contributed by atoms with Crippen LogP contribution in [0.3, 0.4) is 0 Å². The van der Waals surface area contributed by atoms with Crippen LogP contribution in [0, 0.1) is 0 Å². The standard InChI is InChI=1S/C12H17F2NO/c1-9(15-2)8-12(13,14)10-6-4-5-7-11(10)16-3/h4-7,9,15H,8H2,1-3H3. The highest BCUT2D eigenvalue weighted by atomic mass is 19.3. The molecular weight excluding hydrogens is 212 g/mol. The number of rotatable bonds is 5. The molecule has 1 atom stereocenters. The van der Waals surface area contributed by atoms with Crippen LogP contribution < -0.4 is 10.1 Å². The molecular formula is C12H17F2NO. The van der Waals surface area contributed by atoms with Crippen molar-refractivity contribution in [1.82, 2.24) is 5.32 Å². The Kier molecular flexibility index (Phi) is 4.24. The molecule has 90 valence electrons. The molecule has 0 aliphatic rings. The van der Waals surface area contributed by atoms with Crippen LogP contribution in [-0.4, -0.2) is 20.2 Å². The molecule has 0 saturated heterocycles. The summed E-state index contributed by atoms with van der Waals surface area (Å²) >= 11 is 0. The summed E-state index contributed by atoms with van der Waals surface area (Å²) in [5.74, 6) is -2.65. The van der Waals surface area contributed by atoms with Crippen molar-refractivity contribution < 1.29 is 13.5 Å². The third-order valence-corrected chi connectivity index (χ3v) is 2.56. The lowest BCUT2D eigenvalue weighted by Gasteiger charge is -2.22. The van der Waals surface area contributed by atoms with E-state index in [9.17, 15) is 8.78 Å². The van der Waals surface area contributed by atoms with Gasteiger partial charge in [0.1, 0.15) is 5.75 Å². The minimum atomic E-state index is -2.88. The largest absolute Gasteiger partial charge is 0.496 e. The quantitative estimate of drug-likeness (QED) is 0.838. The predicted molar refractivity (Wildman–Crippen MR) is 60.0 cm³/mol. The van der Waals surface area contributed by atoms with Gasteiger partial charge < -0.3 is 10.1 Å². The fraction of sp³-hybridized carbons (Fsp3) is 0.500. The number of hydrogen-bond acceptors (Lipinski definition) is 2. The number of nitrogens with one attached hydrogen (secondary N) is 1. The van der Waals surface area contributed by atoms with E-state index in [0.29, 0.717) is 0 Å². The van der Waals surface area contributed by atoms with Gasteiger partial charge in [-0.05, 0) is 26.1 Å². The Balaban J connectivity index is 2.96. The Morgan fingerprint density at radius 3 is 2.56 bits per heavy atom. The summed E-state index contributed by atoms with van der Waals surface area (Å²) in [7, 11) is 3.07. The molecule has 1 aromatic rings. The van der Waals surface area contributed by atoms with E-state index >= 15 is 0 Å². The molecule has 0 aromatic heterocycles. The van der Waals surface area contributed by atoms with Gasteiger partial charge in [-0.15, -0.1) is 0 Å². The molecule has 0 heterocycles. The highest BCUT2D eigenvalue weighted by molar-refractivity contribution is 5.36. The molecule has 0 fully saturated rings. The molecule has 0 amide bonds. The van der Waals surface area contributed by atoms with Gasteiger partial charge in [-0.2, -0.15) is 0 Å². The van der Waals surface area contributed by atoms with Crippen LogP contribution in [0.25, 0.3) is 0 Å². The van der Waals surface area contributed by atoms with Gasteiger partial charge in [0.2, 0.25) is 0 Å². The summed E-state index contributed by atoms with van der Waals surface area (Å²) in [6.07, 6.45) is -0.246. The van der Waals surface area contributed by atoms with Crippen LogP contribution in [0.1, 0.15) is 18.9 Å². The zero-order valence-corrected chi connectivity index (χ0v) is 9.76. The topological polar surface area (TPSA) is 21.3 Å². The zero-order valence-electron chi connectivity index (χ0n) is 9.76. The predicted octanol–water partition coefficient (Wildman–Crippen LogP) is 2.79. The molecule has 1 aromatic carbocycles. The van der Waals surface area contributed by atoms with Crippen molar-refractivity contribution in [2.24, 2.45) is 0 Å². The van der Waals surface area contributed by atoms with Crippen LogP contribution in [-0.2, 0) is 5.92 Å². The van der Waals surface area contributed by atoms with Gasteiger partial charge >= 0.3 is 0 Å². The smallest absolute Gasteiger partial charge is 0.278 e. The average Bonchev–Trinajstić information content (AvgIpc) is 2.28. The highest BCUT2D eigenvalue weighted by Gasteiger charge is 2.35. The lowest BCUT2D eigenvalue weighted by atomic mass is 10.0. The van der Waals surface area contributed by atoms with E-state index in [1.807, 2.05) is 0 Å². The van der Waals surface area contributed by atoms with E-state index in [2.05, 4.69) is 5.32 Å². The molecule has 2 nitrogen and oxygen atoms in total. The van der Waals surface area contributed by atoms with Gasteiger partial charge in [0, 0.05) is 12.5 Å². The fourth-order valence-corrected chi connectivity index (χ4v) is 1.54. The van der Waals surface area contributed by atoms with Crippen LogP contribution in [0.5, 0.6) is 5.75 Å². The van der Waals surface area contributed by atoms with E-state index in [1.165, 1.54) is 13.2 Å². The monoisotopic (exact) mass is 229 g/mol. The number of para-hydroxylation sites is 1. The SMILES string of the molecule is CNC(C)CC(F)(F)c1ccccc1OC. The van der Waals surface area contributed by atoms with Crippen LogP contribution in [0.4, 0.5) is 8.78 Å². The highest BCUT2D eigenvalue weighted by Crippen LogP contribution is 2.38. The van der Waals surface area contributed by atoms with Crippen LogP contribution >= 0.6 is 0 Å². The Morgan fingerprint density at radius 1 is 1.38 bits per heavy atom. The number of alkyl halides is 2. The first-order valence-corrected chi connectivity index (χ1v) is 5.20. The molecule has 0 spiro atoms. The number of hydrogen-bond donors (Lipinski definition) is 1. The van der Waals surface area contributed by atoms with Crippen molar-refractivity contribution in [3.63, 3.8) is 0 Å². The maximum absolute atomic E-state index is 13.9. The van der Waals surface area contributed by atoms with E-state index in [1.54, 1.807) is 32.2 Å². The van der Waals surface area contributed by atoms with Gasteiger partial charge in [0.05, 0.1) is 12.7 Å². The first-order chi connectivity index (χ1) is 7.51. The fourth-order valence-electron chi connectivity index (χ4n) is 1.54. The molecule has 0 saturated carbocycles. The van der Waals surface area contributed by atoms with Crippen molar-refractivity contribution in [3.05, 3.63) is 29.8 Å². The van der Waals surface area contributed by atoms with E-state index < -0.39 is 5.92 Å². The second kappa shape index (κ2) is 5.25. The molecule has 1 unspecified atom stereocenters. The summed E-state index contributed by atoms with van der Waals surface area (Å²) in [5, 5.41) is 2.81. The Bertz CT molecular complexity index is 342. The minimum absolute atomic E-state index is 0.0559. The normalized spacial score (nSPS) is 13.6. The lowest BCUT2D eigenvalue weighted by Crippen LogP contribution is -2.29. The molecule has 0 radical (unpaired) electrons. The molecule has 0 aliphatic carbocycles. The van der Waals surface area contributed by atoms with Gasteiger partial charge in [-0.1, -0.05) is 12.1 Å². The second-order valence-corrected chi connectivity index (χ2v) is 3.80. The summed E-state index contributed by atoms with van der Waals surface area (Å²) in [5.41, 5.74) is -0.0559. The second-order valence-electron chi connectivity index (χ2n) is 3.80. The summed E-state index contributed by atoms with van der Waals surface area (Å²) < 4.78 is 32.8. The Hall–Kier alpha value is -1.16. The first-order valence-electron chi connectivity index (χ1n) is 5.20. The average molecular weight is 229 g/mol. The maximum Gasteiger partial charge on any atom is 0.278 e. The van der Waals surface area contributed by atoms with E-state index in [-0.39, 0.29) is 23.8 Å². The van der Waals surface area contributed by atoms with Crippen molar-refractivity contribution in [3.8, 4) is 5.75 Å². The van der Waals surface area contributed by atoms with Gasteiger partial charge in [0.25, 0.3) is 5.92 Å². The summed E-state index contributed by atoms with van der Waals surface area (Å²) in [6, 6.07) is 5.98. The molecule has 16 heavy (non-hydrogen) atoms. The van der Waals surface area contributed by atoms with Crippen LogP contribution in [0.2, 0.25) is 0 Å². The molecule has 0 bridgehead atoms. The Labute approximate surface area is 94.6 Å². The maximum atomic E-state index is 13.9. The van der Waals surface area contributed by atoms with Crippen LogP contribution in [0.15, 0.2) is 24.3 Å². The number of benzene rings is 1. The number of methoxy groups -OCH3 is 1. The molecule has 1 N–H and O–H groups in total. The first kappa shape index (κ1) is 12.9. The third-order valence-electron chi connectivity index (χ3n) is 2.56. The lowest BCUT2D eigenvalue weighted by molar-refractivity contribution is -0.0226. The van der Waals surface area contributed by atoms with Gasteiger partial charge in [0.15, 0.2) is 0 Å². The molecule has 4 heteroatoms. The summed E-state index contributed by atoms with van der Waals surface area (Å²) in [4.78, 5) is 0. The van der Waals surface area contributed by atoms with Crippen molar-refractivity contribution in [2.75, 3.05) is 14.2 Å².